The van der Waals surface area contributed by atoms with Crippen LogP contribution in [0.3, 0.4) is 0 Å². The zero-order valence-electron chi connectivity index (χ0n) is 30.7. The van der Waals surface area contributed by atoms with E-state index in [9.17, 15) is 0 Å². The summed E-state index contributed by atoms with van der Waals surface area (Å²) in [4.78, 5) is 5.31. The molecule has 3 aromatic heterocycles. The number of fused-ring (bicyclic) bond motifs is 9. The van der Waals surface area contributed by atoms with E-state index in [1.54, 1.807) is 0 Å². The largest absolute Gasteiger partial charge is 0.350 e. The van der Waals surface area contributed by atoms with Crippen molar-refractivity contribution in [3.05, 3.63) is 199 Å². The molecule has 270 valence electrons. The predicted molar refractivity (Wildman–Crippen MR) is 243 cm³/mol. The van der Waals surface area contributed by atoms with E-state index in [4.69, 9.17) is 4.99 Å². The van der Waals surface area contributed by atoms with Gasteiger partial charge in [-0.3, -0.25) is 5.32 Å². The van der Waals surface area contributed by atoms with Gasteiger partial charge >= 0.3 is 0 Å². The summed E-state index contributed by atoms with van der Waals surface area (Å²) in [5.41, 5.74) is 9.59. The van der Waals surface area contributed by atoms with E-state index in [0.29, 0.717) is 0 Å². The third-order valence-electron chi connectivity index (χ3n) is 11.5. The van der Waals surface area contributed by atoms with Crippen molar-refractivity contribution >= 4 is 90.7 Å². The maximum atomic E-state index is 5.31. The van der Waals surface area contributed by atoms with Crippen LogP contribution in [0.2, 0.25) is 0 Å². The number of aliphatic imine (C=N–C) groups is 1. The summed E-state index contributed by atoms with van der Waals surface area (Å²) in [5, 5.41) is 15.2. The van der Waals surface area contributed by atoms with Crippen LogP contribution in [0, 0.1) is 0 Å². The first-order chi connectivity index (χ1) is 28.3. The number of rotatable bonds is 5. The zero-order valence-corrected chi connectivity index (χ0v) is 32.3. The third kappa shape index (κ3) is 5.19. The Bertz CT molecular complexity index is 3320. The molecule has 57 heavy (non-hydrogen) atoms. The molecule has 6 heteroatoms. The Morgan fingerprint density at radius 3 is 1.95 bits per heavy atom. The second kappa shape index (κ2) is 13.0. The summed E-state index contributed by atoms with van der Waals surface area (Å²) >= 11 is 3.74. The number of hydrogen-bond donors (Lipinski definition) is 2. The van der Waals surface area contributed by atoms with E-state index >= 15 is 0 Å². The first-order valence-corrected chi connectivity index (χ1v) is 21.0. The molecule has 0 saturated carbocycles. The van der Waals surface area contributed by atoms with Crippen molar-refractivity contribution in [1.29, 1.82) is 0 Å². The van der Waals surface area contributed by atoms with E-state index in [0.717, 1.165) is 11.4 Å². The van der Waals surface area contributed by atoms with Gasteiger partial charge in [0.2, 0.25) is 0 Å². The molecule has 1 aliphatic rings. The van der Waals surface area contributed by atoms with Gasteiger partial charge < -0.3 is 9.88 Å². The molecule has 2 unspecified atom stereocenters. The summed E-state index contributed by atoms with van der Waals surface area (Å²) < 4.78 is 7.60. The highest BCUT2D eigenvalue weighted by Gasteiger charge is 2.27. The van der Waals surface area contributed by atoms with Gasteiger partial charge in [-0.2, -0.15) is 0 Å². The SMILES string of the molecule is c1ccc(C2=NC(c3cccc4c3sc3ccc(-c5cccc6sc7cccc(-n8c9ccccc9c9ccccc98)c7c56)cc34)NC(c3ccccc3)N2)cc1. The molecule has 0 radical (unpaired) electrons. The fraction of sp³-hybridized carbons (Fsp3) is 0.0392. The quantitative estimate of drug-likeness (QED) is 0.183. The fourth-order valence-electron chi connectivity index (χ4n) is 8.94. The van der Waals surface area contributed by atoms with E-state index in [2.05, 4.69) is 197 Å². The number of amidine groups is 1. The summed E-state index contributed by atoms with van der Waals surface area (Å²) in [6, 6.07) is 66.0. The van der Waals surface area contributed by atoms with Crippen LogP contribution in [0.1, 0.15) is 29.0 Å². The van der Waals surface area contributed by atoms with Crippen molar-refractivity contribution in [2.45, 2.75) is 12.3 Å². The molecule has 0 fully saturated rings. The van der Waals surface area contributed by atoms with Crippen molar-refractivity contribution in [2.75, 3.05) is 0 Å². The van der Waals surface area contributed by atoms with Crippen LogP contribution >= 0.6 is 22.7 Å². The molecule has 4 heterocycles. The summed E-state index contributed by atoms with van der Waals surface area (Å²) in [6.07, 6.45) is -0.318. The number of benzene rings is 8. The first-order valence-electron chi connectivity index (χ1n) is 19.4. The standard InChI is InChI=1S/C51H34N4S2/c1-3-14-31(15-4-1)49-52-50(32-16-5-2-6-17-32)54-51(53-49)38-22-11-21-37-39-30-33(28-29-43(39)57-48(37)38)34-20-12-26-44-46(34)47-42(25-13-27-45(47)56-44)55-40-23-9-7-18-35(40)36-19-8-10-24-41(36)55/h1-30,49,51,53H,(H,52,54). The van der Waals surface area contributed by atoms with Gasteiger partial charge in [0.25, 0.3) is 0 Å². The van der Waals surface area contributed by atoms with Crippen LogP contribution in [0.25, 0.3) is 79.0 Å². The highest BCUT2D eigenvalue weighted by Crippen LogP contribution is 2.46. The maximum Gasteiger partial charge on any atom is 0.131 e. The minimum absolute atomic E-state index is 0.0894. The van der Waals surface area contributed by atoms with Gasteiger partial charge in [0.1, 0.15) is 18.2 Å². The maximum absolute atomic E-state index is 5.31. The van der Waals surface area contributed by atoms with Gasteiger partial charge in [-0.05, 0) is 59.2 Å². The van der Waals surface area contributed by atoms with Crippen molar-refractivity contribution < 1.29 is 0 Å². The second-order valence-corrected chi connectivity index (χ2v) is 16.9. The van der Waals surface area contributed by atoms with E-state index in [1.165, 1.54) is 90.1 Å². The lowest BCUT2D eigenvalue weighted by atomic mass is 9.97. The van der Waals surface area contributed by atoms with E-state index < -0.39 is 0 Å². The Hall–Kier alpha value is -6.57. The lowest BCUT2D eigenvalue weighted by Gasteiger charge is -2.32. The zero-order chi connectivity index (χ0) is 37.5. The number of aromatic nitrogens is 1. The Morgan fingerprint density at radius 2 is 1.16 bits per heavy atom. The molecule has 0 amide bonds. The van der Waals surface area contributed by atoms with Crippen molar-refractivity contribution in [3.8, 4) is 16.8 Å². The molecule has 11 aromatic rings. The molecular weight excluding hydrogens is 733 g/mol. The molecule has 0 bridgehead atoms. The topological polar surface area (TPSA) is 41.4 Å². The third-order valence-corrected chi connectivity index (χ3v) is 13.9. The Kier molecular flexibility index (Phi) is 7.45. The normalized spacial score (nSPS) is 15.9. The molecule has 2 N–H and O–H groups in total. The van der Waals surface area contributed by atoms with Crippen molar-refractivity contribution in [2.24, 2.45) is 4.99 Å². The average Bonchev–Trinajstić information content (AvgIpc) is 3.96. The van der Waals surface area contributed by atoms with Crippen LogP contribution in [-0.4, -0.2) is 10.4 Å². The molecular formula is C51H34N4S2. The fourth-order valence-corrected chi connectivity index (χ4v) is 11.3. The second-order valence-electron chi connectivity index (χ2n) is 14.7. The summed E-state index contributed by atoms with van der Waals surface area (Å²) in [5.74, 6) is 0.893. The summed E-state index contributed by atoms with van der Waals surface area (Å²) in [7, 11) is 0. The van der Waals surface area contributed by atoms with Crippen LogP contribution in [0.15, 0.2) is 187 Å². The van der Waals surface area contributed by atoms with Crippen LogP contribution in [0.4, 0.5) is 0 Å². The van der Waals surface area contributed by atoms with Crippen LogP contribution < -0.4 is 10.6 Å². The van der Waals surface area contributed by atoms with E-state index in [-0.39, 0.29) is 12.3 Å². The van der Waals surface area contributed by atoms with Gasteiger partial charge in [0.15, 0.2) is 0 Å². The molecule has 4 nitrogen and oxygen atoms in total. The Balaban J connectivity index is 1.03. The predicted octanol–water partition coefficient (Wildman–Crippen LogP) is 13.5. The van der Waals surface area contributed by atoms with Gasteiger partial charge in [-0.15, -0.1) is 22.7 Å². The molecule has 2 atom stereocenters. The van der Waals surface area contributed by atoms with Gasteiger partial charge in [0, 0.05) is 62.2 Å². The number of nitrogens with zero attached hydrogens (tertiary/aromatic N) is 2. The van der Waals surface area contributed by atoms with Crippen LogP contribution in [0.5, 0.6) is 0 Å². The number of hydrogen-bond acceptors (Lipinski definition) is 5. The number of para-hydroxylation sites is 2. The van der Waals surface area contributed by atoms with Crippen LogP contribution in [-0.2, 0) is 0 Å². The Morgan fingerprint density at radius 1 is 0.491 bits per heavy atom. The molecule has 0 spiro atoms. The molecule has 1 aliphatic heterocycles. The van der Waals surface area contributed by atoms with Gasteiger partial charge in [-0.25, -0.2) is 4.99 Å². The summed E-state index contributed by atoms with van der Waals surface area (Å²) in [6.45, 7) is 0. The molecule has 0 aliphatic carbocycles. The highest BCUT2D eigenvalue weighted by atomic mass is 32.1. The molecule has 12 rings (SSSR count). The smallest absolute Gasteiger partial charge is 0.131 e. The monoisotopic (exact) mass is 766 g/mol. The van der Waals surface area contributed by atoms with Gasteiger partial charge in [-0.1, -0.05) is 140 Å². The van der Waals surface area contributed by atoms with Crippen molar-refractivity contribution in [1.82, 2.24) is 15.2 Å². The lowest BCUT2D eigenvalue weighted by molar-refractivity contribution is 0.411. The van der Waals surface area contributed by atoms with Crippen molar-refractivity contribution in [3.63, 3.8) is 0 Å². The van der Waals surface area contributed by atoms with E-state index in [1.807, 2.05) is 22.7 Å². The molecule has 8 aromatic carbocycles. The Labute approximate surface area is 337 Å². The minimum atomic E-state index is -0.229. The highest BCUT2D eigenvalue weighted by molar-refractivity contribution is 7.26. The molecule has 0 saturated heterocycles. The average molecular weight is 767 g/mol. The number of nitrogens with one attached hydrogen (secondary N) is 2. The number of thiophene rings is 2. The minimum Gasteiger partial charge on any atom is -0.350 e. The lowest BCUT2D eigenvalue weighted by Crippen LogP contribution is -2.44. The first kappa shape index (κ1) is 32.7. The van der Waals surface area contributed by atoms with Gasteiger partial charge in [0.05, 0.1) is 16.7 Å².